The molecule has 1 unspecified atom stereocenters. The van der Waals surface area contributed by atoms with Gasteiger partial charge in [0.15, 0.2) is 0 Å². The first-order valence-electron chi connectivity index (χ1n) is 6.36. The number of hydrogen-bond donors (Lipinski definition) is 1. The van der Waals surface area contributed by atoms with Gasteiger partial charge in [0.1, 0.15) is 0 Å². The molecule has 1 aromatic rings. The molecule has 1 heterocycles. The number of anilines is 1. The maximum Gasteiger partial charge on any atom is 0.414 e. The van der Waals surface area contributed by atoms with E-state index in [1.807, 2.05) is 38.2 Å². The molecule has 0 spiro atoms. The standard InChI is InChI=1S/C14H20N2O2/c1-11-3-5-13(6-4-11)16-9-12(7-8-15-2)10-18-14(16)17/h3-6,12,15H,7-10H2,1-2H3. The van der Waals surface area contributed by atoms with Crippen LogP contribution in [0, 0.1) is 12.8 Å². The molecule has 18 heavy (non-hydrogen) atoms. The third-order valence-corrected chi connectivity index (χ3v) is 3.25. The number of carbonyl (C=O) groups is 1. The highest BCUT2D eigenvalue weighted by molar-refractivity contribution is 5.88. The number of amides is 1. The van der Waals surface area contributed by atoms with Gasteiger partial charge in [0.25, 0.3) is 0 Å². The van der Waals surface area contributed by atoms with Crippen LogP contribution in [0.1, 0.15) is 12.0 Å². The first-order valence-corrected chi connectivity index (χ1v) is 6.36. The van der Waals surface area contributed by atoms with Crippen molar-refractivity contribution in [3.8, 4) is 0 Å². The zero-order valence-corrected chi connectivity index (χ0v) is 11.0. The Morgan fingerprint density at radius 2 is 2.11 bits per heavy atom. The predicted molar refractivity (Wildman–Crippen MR) is 71.9 cm³/mol. The SMILES string of the molecule is CNCCC1COC(=O)N(c2ccc(C)cc2)C1. The maximum atomic E-state index is 11.8. The van der Waals surface area contributed by atoms with Gasteiger partial charge in [-0.2, -0.15) is 0 Å². The van der Waals surface area contributed by atoms with Crippen LogP contribution in [0.25, 0.3) is 0 Å². The lowest BCUT2D eigenvalue weighted by Crippen LogP contribution is -2.43. The normalized spacial score (nSPS) is 19.8. The average molecular weight is 248 g/mol. The Kier molecular flexibility index (Phi) is 4.20. The fourth-order valence-corrected chi connectivity index (χ4v) is 2.11. The molecule has 98 valence electrons. The number of nitrogens with zero attached hydrogens (tertiary/aromatic N) is 1. The summed E-state index contributed by atoms with van der Waals surface area (Å²) in [6.45, 7) is 4.25. The number of cyclic esters (lactones) is 1. The average Bonchev–Trinajstić information content (AvgIpc) is 2.39. The molecule has 2 rings (SSSR count). The van der Waals surface area contributed by atoms with Gasteiger partial charge >= 0.3 is 6.09 Å². The van der Waals surface area contributed by atoms with Crippen LogP contribution in [0.15, 0.2) is 24.3 Å². The topological polar surface area (TPSA) is 41.6 Å². The number of ether oxygens (including phenoxy) is 1. The third kappa shape index (κ3) is 3.01. The van der Waals surface area contributed by atoms with E-state index in [-0.39, 0.29) is 6.09 Å². The van der Waals surface area contributed by atoms with E-state index in [0.717, 1.165) is 25.2 Å². The van der Waals surface area contributed by atoms with Crippen molar-refractivity contribution in [1.82, 2.24) is 5.32 Å². The minimum atomic E-state index is -0.237. The number of rotatable bonds is 4. The molecule has 4 heteroatoms. The monoisotopic (exact) mass is 248 g/mol. The van der Waals surface area contributed by atoms with Gasteiger partial charge in [0.2, 0.25) is 0 Å². The molecule has 0 radical (unpaired) electrons. The van der Waals surface area contributed by atoms with E-state index in [0.29, 0.717) is 12.5 Å². The van der Waals surface area contributed by atoms with Crippen molar-refractivity contribution in [2.75, 3.05) is 31.6 Å². The highest BCUT2D eigenvalue weighted by Crippen LogP contribution is 2.22. The second-order valence-electron chi connectivity index (χ2n) is 4.78. The van der Waals surface area contributed by atoms with Crippen molar-refractivity contribution in [3.63, 3.8) is 0 Å². The second-order valence-corrected chi connectivity index (χ2v) is 4.78. The quantitative estimate of drug-likeness (QED) is 0.888. The molecular weight excluding hydrogens is 228 g/mol. The summed E-state index contributed by atoms with van der Waals surface area (Å²) in [4.78, 5) is 13.5. The first kappa shape index (κ1) is 12.9. The molecule has 4 nitrogen and oxygen atoms in total. The van der Waals surface area contributed by atoms with E-state index in [9.17, 15) is 4.79 Å². The molecule has 1 aromatic carbocycles. The molecule has 1 aliphatic rings. The molecule has 1 saturated heterocycles. The number of carbonyl (C=O) groups excluding carboxylic acids is 1. The lowest BCUT2D eigenvalue weighted by molar-refractivity contribution is 0.112. The molecule has 0 bridgehead atoms. The van der Waals surface area contributed by atoms with Gasteiger partial charge in [0.05, 0.1) is 6.61 Å². The van der Waals surface area contributed by atoms with Gasteiger partial charge in [-0.1, -0.05) is 17.7 Å². The Morgan fingerprint density at radius 3 is 2.78 bits per heavy atom. The van der Waals surface area contributed by atoms with Crippen molar-refractivity contribution in [1.29, 1.82) is 0 Å². The van der Waals surface area contributed by atoms with Crippen LogP contribution in [-0.4, -0.2) is 32.8 Å². The van der Waals surface area contributed by atoms with Gasteiger partial charge in [-0.25, -0.2) is 4.79 Å². The van der Waals surface area contributed by atoms with Crippen molar-refractivity contribution in [3.05, 3.63) is 29.8 Å². The molecule has 1 atom stereocenters. The Balaban J connectivity index is 2.05. The van der Waals surface area contributed by atoms with Crippen LogP contribution in [0.5, 0.6) is 0 Å². The number of aryl methyl sites for hydroxylation is 1. The van der Waals surface area contributed by atoms with Gasteiger partial charge in [-0.3, -0.25) is 4.90 Å². The minimum Gasteiger partial charge on any atom is -0.449 e. The first-order chi connectivity index (χ1) is 8.70. The summed E-state index contributed by atoms with van der Waals surface area (Å²) in [5.41, 5.74) is 2.11. The van der Waals surface area contributed by atoms with E-state index in [4.69, 9.17) is 4.74 Å². The van der Waals surface area contributed by atoms with Crippen LogP contribution in [-0.2, 0) is 4.74 Å². The summed E-state index contributed by atoms with van der Waals surface area (Å²) in [6, 6.07) is 7.97. The van der Waals surface area contributed by atoms with Gasteiger partial charge in [-0.05, 0) is 39.1 Å². The molecule has 0 saturated carbocycles. The Hall–Kier alpha value is -1.55. The highest BCUT2D eigenvalue weighted by Gasteiger charge is 2.27. The van der Waals surface area contributed by atoms with Crippen LogP contribution < -0.4 is 10.2 Å². The lowest BCUT2D eigenvalue weighted by atomic mass is 10.0. The van der Waals surface area contributed by atoms with Crippen LogP contribution >= 0.6 is 0 Å². The number of benzene rings is 1. The summed E-state index contributed by atoms with van der Waals surface area (Å²) in [6.07, 6.45) is 0.783. The molecular formula is C14H20N2O2. The molecule has 0 aromatic heterocycles. The lowest BCUT2D eigenvalue weighted by Gasteiger charge is -2.32. The Bertz CT molecular complexity index is 403. The Labute approximate surface area is 108 Å². The maximum absolute atomic E-state index is 11.8. The Morgan fingerprint density at radius 1 is 1.39 bits per heavy atom. The summed E-state index contributed by atoms with van der Waals surface area (Å²) in [5.74, 6) is 0.399. The smallest absolute Gasteiger partial charge is 0.414 e. The fraction of sp³-hybridized carbons (Fsp3) is 0.500. The third-order valence-electron chi connectivity index (χ3n) is 3.25. The fourth-order valence-electron chi connectivity index (χ4n) is 2.11. The second kappa shape index (κ2) is 5.87. The van der Waals surface area contributed by atoms with Crippen LogP contribution in [0.4, 0.5) is 10.5 Å². The molecule has 0 aliphatic carbocycles. The van der Waals surface area contributed by atoms with E-state index < -0.39 is 0 Å². The highest BCUT2D eigenvalue weighted by atomic mass is 16.6. The summed E-state index contributed by atoms with van der Waals surface area (Å²) < 4.78 is 5.24. The summed E-state index contributed by atoms with van der Waals surface area (Å²) in [5, 5.41) is 3.13. The summed E-state index contributed by atoms with van der Waals surface area (Å²) >= 11 is 0. The van der Waals surface area contributed by atoms with Gasteiger partial charge < -0.3 is 10.1 Å². The predicted octanol–water partition coefficient (Wildman–Crippen LogP) is 2.18. The van der Waals surface area contributed by atoms with Crippen LogP contribution in [0.2, 0.25) is 0 Å². The van der Waals surface area contributed by atoms with E-state index in [1.54, 1.807) is 4.90 Å². The number of hydrogen-bond acceptors (Lipinski definition) is 3. The van der Waals surface area contributed by atoms with Crippen molar-refractivity contribution in [2.45, 2.75) is 13.3 Å². The van der Waals surface area contributed by atoms with E-state index >= 15 is 0 Å². The van der Waals surface area contributed by atoms with Crippen molar-refractivity contribution >= 4 is 11.8 Å². The molecule has 1 fully saturated rings. The minimum absolute atomic E-state index is 0.237. The molecule has 1 aliphatic heterocycles. The number of nitrogens with one attached hydrogen (secondary N) is 1. The molecule has 1 N–H and O–H groups in total. The zero-order valence-electron chi connectivity index (χ0n) is 11.0. The molecule has 1 amide bonds. The van der Waals surface area contributed by atoms with Crippen molar-refractivity contribution in [2.24, 2.45) is 5.92 Å². The van der Waals surface area contributed by atoms with E-state index in [1.165, 1.54) is 5.56 Å². The van der Waals surface area contributed by atoms with Gasteiger partial charge in [-0.15, -0.1) is 0 Å². The van der Waals surface area contributed by atoms with Gasteiger partial charge in [0, 0.05) is 18.2 Å². The van der Waals surface area contributed by atoms with Crippen LogP contribution in [0.3, 0.4) is 0 Å². The van der Waals surface area contributed by atoms with E-state index in [2.05, 4.69) is 5.32 Å². The van der Waals surface area contributed by atoms with Crippen molar-refractivity contribution < 1.29 is 9.53 Å². The summed E-state index contributed by atoms with van der Waals surface area (Å²) in [7, 11) is 1.94. The zero-order chi connectivity index (χ0) is 13.0. The largest absolute Gasteiger partial charge is 0.449 e.